The Balaban J connectivity index is 2.22. The number of benzene rings is 2. The quantitative estimate of drug-likeness (QED) is 0.458. The van der Waals surface area contributed by atoms with Gasteiger partial charge in [0, 0.05) is 10.9 Å². The van der Waals surface area contributed by atoms with E-state index in [1.165, 1.54) is 34.9 Å². The molecule has 0 spiro atoms. The van der Waals surface area contributed by atoms with Crippen molar-refractivity contribution in [1.29, 1.82) is 0 Å². The normalized spacial score (nSPS) is 11.1. The zero-order valence-electron chi connectivity index (χ0n) is 17.3. The number of H-pyrrole nitrogens is 1. The van der Waals surface area contributed by atoms with E-state index in [9.17, 15) is 0 Å². The SMILES string of the molecule is CCCCc1cccc2c(CCCCN)c(-c3c(OC)cccc3OC)[nH]c12. The Morgan fingerprint density at radius 3 is 2.25 bits per heavy atom. The van der Waals surface area contributed by atoms with Crippen LogP contribution in [0.2, 0.25) is 0 Å². The third-order valence-corrected chi connectivity index (χ3v) is 5.39. The van der Waals surface area contributed by atoms with Gasteiger partial charge in [0.1, 0.15) is 11.5 Å². The van der Waals surface area contributed by atoms with Gasteiger partial charge in [0.2, 0.25) is 0 Å². The number of aromatic amines is 1. The second-order valence-corrected chi connectivity index (χ2v) is 7.21. The molecule has 0 aliphatic carbocycles. The minimum atomic E-state index is 0.720. The number of aromatic nitrogens is 1. The first kappa shape index (κ1) is 20.3. The Hall–Kier alpha value is -2.46. The van der Waals surface area contributed by atoms with Crippen molar-refractivity contribution in [3.63, 3.8) is 0 Å². The van der Waals surface area contributed by atoms with Gasteiger partial charge < -0.3 is 20.2 Å². The largest absolute Gasteiger partial charge is 0.496 e. The highest BCUT2D eigenvalue weighted by molar-refractivity contribution is 5.95. The van der Waals surface area contributed by atoms with Crippen LogP contribution in [0.5, 0.6) is 11.5 Å². The van der Waals surface area contributed by atoms with Crippen LogP contribution in [0.4, 0.5) is 0 Å². The number of fused-ring (bicyclic) bond motifs is 1. The molecule has 0 aliphatic heterocycles. The fraction of sp³-hybridized carbons (Fsp3) is 0.417. The lowest BCUT2D eigenvalue weighted by Gasteiger charge is -2.14. The van der Waals surface area contributed by atoms with E-state index in [1.807, 2.05) is 18.2 Å². The van der Waals surface area contributed by atoms with Gasteiger partial charge in [-0.25, -0.2) is 0 Å². The van der Waals surface area contributed by atoms with Crippen molar-refractivity contribution in [2.45, 2.75) is 45.4 Å². The number of para-hydroxylation sites is 1. The van der Waals surface area contributed by atoms with Gasteiger partial charge in [0.25, 0.3) is 0 Å². The minimum absolute atomic E-state index is 0.720. The molecule has 0 fully saturated rings. The first-order valence-corrected chi connectivity index (χ1v) is 10.3. The smallest absolute Gasteiger partial charge is 0.131 e. The summed E-state index contributed by atoms with van der Waals surface area (Å²) in [6.45, 7) is 2.95. The maximum Gasteiger partial charge on any atom is 0.131 e. The summed E-state index contributed by atoms with van der Waals surface area (Å²) in [6, 6.07) is 12.6. The molecule has 0 aliphatic rings. The molecule has 4 heteroatoms. The van der Waals surface area contributed by atoms with Crippen molar-refractivity contribution in [1.82, 2.24) is 4.98 Å². The van der Waals surface area contributed by atoms with Crippen LogP contribution in [0.3, 0.4) is 0 Å². The predicted octanol–water partition coefficient (Wildman–Crippen LogP) is 5.48. The standard InChI is InChI=1S/C24H32N2O2/c1-4-5-10-17-11-8-13-18-19(12-6-7-16-25)24(26-23(17)18)22-20(27-2)14-9-15-21(22)28-3/h8-9,11,13-15,26H,4-7,10,12,16,25H2,1-3H3. The molecular weight excluding hydrogens is 348 g/mol. The molecule has 150 valence electrons. The van der Waals surface area contributed by atoms with Crippen LogP contribution in [-0.4, -0.2) is 25.7 Å². The van der Waals surface area contributed by atoms with Crippen molar-refractivity contribution >= 4 is 10.9 Å². The van der Waals surface area contributed by atoms with E-state index in [1.54, 1.807) is 14.2 Å². The summed E-state index contributed by atoms with van der Waals surface area (Å²) in [7, 11) is 3.42. The number of rotatable bonds is 10. The van der Waals surface area contributed by atoms with Crippen molar-refractivity contribution in [2.24, 2.45) is 5.73 Å². The van der Waals surface area contributed by atoms with E-state index in [0.717, 1.165) is 55.0 Å². The number of nitrogens with one attached hydrogen (secondary N) is 1. The van der Waals surface area contributed by atoms with Gasteiger partial charge in [-0.2, -0.15) is 0 Å². The molecule has 3 N–H and O–H groups in total. The number of hydrogen-bond acceptors (Lipinski definition) is 3. The van der Waals surface area contributed by atoms with Crippen LogP contribution in [0, 0.1) is 0 Å². The maximum absolute atomic E-state index is 5.75. The first-order chi connectivity index (χ1) is 13.7. The molecular formula is C24H32N2O2. The van der Waals surface area contributed by atoms with Crippen molar-refractivity contribution in [3.05, 3.63) is 47.5 Å². The maximum atomic E-state index is 5.75. The zero-order chi connectivity index (χ0) is 19.9. The Labute approximate surface area is 168 Å². The summed E-state index contributed by atoms with van der Waals surface area (Å²) in [4.78, 5) is 3.74. The molecule has 0 atom stereocenters. The van der Waals surface area contributed by atoms with Gasteiger partial charge in [0.15, 0.2) is 0 Å². The second-order valence-electron chi connectivity index (χ2n) is 7.21. The summed E-state index contributed by atoms with van der Waals surface area (Å²) >= 11 is 0. The van der Waals surface area contributed by atoms with E-state index < -0.39 is 0 Å². The lowest BCUT2D eigenvalue weighted by atomic mass is 9.97. The molecule has 1 aromatic heterocycles. The highest BCUT2D eigenvalue weighted by Gasteiger charge is 2.21. The number of nitrogens with two attached hydrogens (primary N) is 1. The third kappa shape index (κ3) is 4.02. The number of unbranched alkanes of at least 4 members (excludes halogenated alkanes) is 2. The lowest BCUT2D eigenvalue weighted by Crippen LogP contribution is -2.00. The second kappa shape index (κ2) is 9.65. The average Bonchev–Trinajstić information content (AvgIpc) is 3.10. The molecule has 4 nitrogen and oxygen atoms in total. The van der Waals surface area contributed by atoms with Crippen molar-refractivity contribution in [2.75, 3.05) is 20.8 Å². The topological polar surface area (TPSA) is 60.3 Å². The van der Waals surface area contributed by atoms with E-state index in [0.29, 0.717) is 0 Å². The van der Waals surface area contributed by atoms with Gasteiger partial charge >= 0.3 is 0 Å². The summed E-state index contributed by atoms with van der Waals surface area (Å²) in [5, 5.41) is 1.30. The Kier molecular flexibility index (Phi) is 6.99. The van der Waals surface area contributed by atoms with Gasteiger partial charge in [-0.1, -0.05) is 37.6 Å². The van der Waals surface area contributed by atoms with E-state index in [2.05, 4.69) is 30.1 Å². The first-order valence-electron chi connectivity index (χ1n) is 10.3. The minimum Gasteiger partial charge on any atom is -0.496 e. The number of aryl methyl sites for hydroxylation is 2. The summed E-state index contributed by atoms with van der Waals surface area (Å²) in [5.74, 6) is 1.64. The van der Waals surface area contributed by atoms with Crippen molar-refractivity contribution < 1.29 is 9.47 Å². The molecule has 0 amide bonds. The Bertz CT molecular complexity index is 892. The van der Waals surface area contributed by atoms with E-state index in [-0.39, 0.29) is 0 Å². The lowest BCUT2D eigenvalue weighted by molar-refractivity contribution is 0.397. The highest BCUT2D eigenvalue weighted by Crippen LogP contribution is 2.42. The summed E-state index contributed by atoms with van der Waals surface area (Å²) in [5.41, 5.74) is 11.8. The molecule has 0 saturated carbocycles. The average molecular weight is 381 g/mol. The van der Waals surface area contributed by atoms with E-state index in [4.69, 9.17) is 15.2 Å². The van der Waals surface area contributed by atoms with Gasteiger partial charge in [-0.05, 0) is 61.9 Å². The molecule has 2 aromatic carbocycles. The molecule has 0 radical (unpaired) electrons. The molecule has 3 aromatic rings. The Morgan fingerprint density at radius 2 is 1.61 bits per heavy atom. The van der Waals surface area contributed by atoms with Crippen LogP contribution >= 0.6 is 0 Å². The highest BCUT2D eigenvalue weighted by atomic mass is 16.5. The third-order valence-electron chi connectivity index (χ3n) is 5.39. The summed E-state index contributed by atoms with van der Waals surface area (Å²) < 4.78 is 11.4. The molecule has 1 heterocycles. The molecule has 0 saturated heterocycles. The van der Waals surface area contributed by atoms with Crippen LogP contribution in [0.1, 0.15) is 43.7 Å². The van der Waals surface area contributed by atoms with Crippen LogP contribution in [0.25, 0.3) is 22.2 Å². The Morgan fingerprint density at radius 1 is 0.893 bits per heavy atom. The molecule has 0 bridgehead atoms. The molecule has 28 heavy (non-hydrogen) atoms. The number of ether oxygens (including phenoxy) is 2. The molecule has 0 unspecified atom stereocenters. The van der Waals surface area contributed by atoms with Crippen LogP contribution in [0.15, 0.2) is 36.4 Å². The fourth-order valence-corrected chi connectivity index (χ4v) is 3.93. The van der Waals surface area contributed by atoms with Gasteiger partial charge in [-0.15, -0.1) is 0 Å². The van der Waals surface area contributed by atoms with E-state index >= 15 is 0 Å². The zero-order valence-corrected chi connectivity index (χ0v) is 17.3. The van der Waals surface area contributed by atoms with Crippen LogP contribution in [-0.2, 0) is 12.8 Å². The number of methoxy groups -OCH3 is 2. The van der Waals surface area contributed by atoms with Crippen molar-refractivity contribution in [3.8, 4) is 22.8 Å². The fourth-order valence-electron chi connectivity index (χ4n) is 3.93. The predicted molar refractivity (Wildman–Crippen MR) is 117 cm³/mol. The summed E-state index contributed by atoms with van der Waals surface area (Å²) in [6.07, 6.45) is 6.52. The molecule has 3 rings (SSSR count). The van der Waals surface area contributed by atoms with Gasteiger partial charge in [0.05, 0.1) is 25.5 Å². The van der Waals surface area contributed by atoms with Crippen LogP contribution < -0.4 is 15.2 Å². The number of hydrogen-bond donors (Lipinski definition) is 2. The van der Waals surface area contributed by atoms with Gasteiger partial charge in [-0.3, -0.25) is 0 Å². The monoisotopic (exact) mass is 380 g/mol.